The minimum absolute atomic E-state index is 0.222. The summed E-state index contributed by atoms with van der Waals surface area (Å²) in [7, 11) is -1.43. The fourth-order valence-electron chi connectivity index (χ4n) is 2.31. The Labute approximate surface area is 114 Å². The number of aromatic nitrogens is 1. The molecule has 2 rings (SSSR count). The van der Waals surface area contributed by atoms with Gasteiger partial charge in [-0.15, -0.1) is 0 Å². The SMILES string of the molecule is CCC1CN(S(=O)(=O)c2ccnc(N)c2)CCN1C. The summed E-state index contributed by atoms with van der Waals surface area (Å²) in [6, 6.07) is 3.17. The van der Waals surface area contributed by atoms with Crippen molar-refractivity contribution in [2.24, 2.45) is 0 Å². The van der Waals surface area contributed by atoms with Gasteiger partial charge in [0, 0.05) is 37.9 Å². The maximum absolute atomic E-state index is 12.5. The fourth-order valence-corrected chi connectivity index (χ4v) is 3.81. The van der Waals surface area contributed by atoms with E-state index in [-0.39, 0.29) is 16.8 Å². The van der Waals surface area contributed by atoms with Gasteiger partial charge in [0.2, 0.25) is 10.0 Å². The van der Waals surface area contributed by atoms with Gasteiger partial charge < -0.3 is 10.6 Å². The zero-order chi connectivity index (χ0) is 14.0. The van der Waals surface area contributed by atoms with E-state index in [2.05, 4.69) is 16.8 Å². The Kier molecular flexibility index (Phi) is 4.07. The molecular weight excluding hydrogens is 264 g/mol. The number of nitrogen functional groups attached to an aromatic ring is 1. The molecule has 1 unspecified atom stereocenters. The van der Waals surface area contributed by atoms with Crippen LogP contribution in [0.5, 0.6) is 0 Å². The highest BCUT2D eigenvalue weighted by molar-refractivity contribution is 7.89. The molecule has 0 amide bonds. The first-order valence-electron chi connectivity index (χ1n) is 6.37. The van der Waals surface area contributed by atoms with E-state index >= 15 is 0 Å². The predicted molar refractivity (Wildman–Crippen MR) is 74.1 cm³/mol. The van der Waals surface area contributed by atoms with E-state index in [1.54, 1.807) is 0 Å². The highest BCUT2D eigenvalue weighted by Gasteiger charge is 2.31. The first-order valence-corrected chi connectivity index (χ1v) is 7.81. The molecule has 19 heavy (non-hydrogen) atoms. The van der Waals surface area contributed by atoms with E-state index < -0.39 is 10.0 Å². The van der Waals surface area contributed by atoms with Crippen LogP contribution < -0.4 is 5.73 Å². The summed E-state index contributed by atoms with van der Waals surface area (Å²) >= 11 is 0. The smallest absolute Gasteiger partial charge is 0.243 e. The highest BCUT2D eigenvalue weighted by atomic mass is 32.2. The summed E-state index contributed by atoms with van der Waals surface area (Å²) in [6.45, 7) is 3.86. The third-order valence-electron chi connectivity index (χ3n) is 3.60. The summed E-state index contributed by atoms with van der Waals surface area (Å²) in [5.41, 5.74) is 5.56. The monoisotopic (exact) mass is 284 g/mol. The van der Waals surface area contributed by atoms with Gasteiger partial charge in [0.15, 0.2) is 0 Å². The second-order valence-electron chi connectivity index (χ2n) is 4.82. The Hall–Kier alpha value is -1.18. The van der Waals surface area contributed by atoms with Gasteiger partial charge in [-0.05, 0) is 19.5 Å². The van der Waals surface area contributed by atoms with Gasteiger partial charge in [-0.1, -0.05) is 6.92 Å². The zero-order valence-electron chi connectivity index (χ0n) is 11.3. The molecule has 106 valence electrons. The molecule has 7 heteroatoms. The topological polar surface area (TPSA) is 79.5 Å². The first kappa shape index (κ1) is 14.2. The van der Waals surface area contributed by atoms with Crippen LogP contribution in [0.2, 0.25) is 0 Å². The number of sulfonamides is 1. The Morgan fingerprint density at radius 2 is 2.21 bits per heavy atom. The van der Waals surface area contributed by atoms with Gasteiger partial charge in [-0.2, -0.15) is 4.31 Å². The van der Waals surface area contributed by atoms with Crippen LogP contribution in [0.15, 0.2) is 23.2 Å². The molecule has 0 spiro atoms. The van der Waals surface area contributed by atoms with E-state index in [1.165, 1.54) is 22.6 Å². The molecule has 0 aliphatic carbocycles. The molecule has 1 atom stereocenters. The molecule has 1 aromatic heterocycles. The number of pyridine rings is 1. The molecule has 6 nitrogen and oxygen atoms in total. The van der Waals surface area contributed by atoms with Gasteiger partial charge >= 0.3 is 0 Å². The number of nitrogens with two attached hydrogens (primary N) is 1. The van der Waals surface area contributed by atoms with E-state index in [1.807, 2.05) is 7.05 Å². The molecule has 0 bridgehead atoms. The molecular formula is C12H20N4O2S. The van der Waals surface area contributed by atoms with E-state index in [0.717, 1.165) is 13.0 Å². The summed E-state index contributed by atoms with van der Waals surface area (Å²) in [6.07, 6.45) is 2.36. The van der Waals surface area contributed by atoms with Crippen molar-refractivity contribution >= 4 is 15.8 Å². The first-order chi connectivity index (χ1) is 8.95. The van der Waals surface area contributed by atoms with Gasteiger partial charge in [0.05, 0.1) is 4.90 Å². The zero-order valence-corrected chi connectivity index (χ0v) is 12.1. The fraction of sp³-hybridized carbons (Fsp3) is 0.583. The minimum Gasteiger partial charge on any atom is -0.384 e. The van der Waals surface area contributed by atoms with Crippen molar-refractivity contribution in [1.82, 2.24) is 14.2 Å². The molecule has 1 aromatic rings. The van der Waals surface area contributed by atoms with E-state index in [9.17, 15) is 8.42 Å². The van der Waals surface area contributed by atoms with Crippen LogP contribution in [0.4, 0.5) is 5.82 Å². The maximum atomic E-state index is 12.5. The summed E-state index contributed by atoms with van der Waals surface area (Å²) < 4.78 is 26.6. The number of piperazine rings is 1. The minimum atomic E-state index is -3.46. The van der Waals surface area contributed by atoms with Crippen LogP contribution in [0.3, 0.4) is 0 Å². The van der Waals surface area contributed by atoms with Crippen molar-refractivity contribution in [2.45, 2.75) is 24.3 Å². The second-order valence-corrected chi connectivity index (χ2v) is 6.76. The number of hydrogen-bond donors (Lipinski definition) is 1. The van der Waals surface area contributed by atoms with Crippen molar-refractivity contribution in [1.29, 1.82) is 0 Å². The van der Waals surface area contributed by atoms with Gasteiger partial charge in [-0.3, -0.25) is 0 Å². The standard InChI is InChI=1S/C12H20N4O2S/c1-3-10-9-16(7-6-15(10)2)19(17,18)11-4-5-14-12(13)8-11/h4-5,8,10H,3,6-7,9H2,1-2H3,(H2,13,14). The van der Waals surface area contributed by atoms with Crippen molar-refractivity contribution in [2.75, 3.05) is 32.4 Å². The normalized spacial score (nSPS) is 22.5. The van der Waals surface area contributed by atoms with Crippen LogP contribution in [-0.4, -0.2) is 55.3 Å². The number of likely N-dealkylation sites (N-methyl/N-ethyl adjacent to an activating group) is 1. The highest BCUT2D eigenvalue weighted by Crippen LogP contribution is 2.21. The number of hydrogen-bond acceptors (Lipinski definition) is 5. The molecule has 1 fully saturated rings. The van der Waals surface area contributed by atoms with Crippen molar-refractivity contribution < 1.29 is 8.42 Å². The van der Waals surface area contributed by atoms with Gasteiger partial charge in [-0.25, -0.2) is 13.4 Å². The lowest BCUT2D eigenvalue weighted by molar-refractivity contribution is 0.144. The van der Waals surface area contributed by atoms with Crippen LogP contribution in [0, 0.1) is 0 Å². The Bertz CT molecular complexity index is 546. The molecule has 0 aromatic carbocycles. The molecule has 2 heterocycles. The Morgan fingerprint density at radius 1 is 1.47 bits per heavy atom. The van der Waals surface area contributed by atoms with E-state index in [0.29, 0.717) is 13.1 Å². The van der Waals surface area contributed by atoms with Crippen LogP contribution in [-0.2, 0) is 10.0 Å². The number of anilines is 1. The lowest BCUT2D eigenvalue weighted by atomic mass is 10.1. The van der Waals surface area contributed by atoms with Gasteiger partial charge in [0.25, 0.3) is 0 Å². The van der Waals surface area contributed by atoms with Crippen molar-refractivity contribution in [3.05, 3.63) is 18.3 Å². The number of nitrogens with zero attached hydrogens (tertiary/aromatic N) is 3. The summed E-state index contributed by atoms with van der Waals surface area (Å²) in [5, 5.41) is 0. The predicted octanol–water partition coefficient (Wildman–Crippen LogP) is 0.379. The second kappa shape index (κ2) is 5.44. The van der Waals surface area contributed by atoms with Crippen LogP contribution >= 0.6 is 0 Å². The lowest BCUT2D eigenvalue weighted by Crippen LogP contribution is -2.52. The average Bonchev–Trinajstić information content (AvgIpc) is 2.39. The molecule has 0 radical (unpaired) electrons. The molecule has 1 aliphatic heterocycles. The molecule has 0 saturated carbocycles. The summed E-state index contributed by atoms with van der Waals surface area (Å²) in [5.74, 6) is 0.224. The van der Waals surface area contributed by atoms with E-state index in [4.69, 9.17) is 5.73 Å². The van der Waals surface area contributed by atoms with Crippen LogP contribution in [0.25, 0.3) is 0 Å². The van der Waals surface area contributed by atoms with Crippen molar-refractivity contribution in [3.63, 3.8) is 0 Å². The lowest BCUT2D eigenvalue weighted by Gasteiger charge is -2.38. The summed E-state index contributed by atoms with van der Waals surface area (Å²) in [4.78, 5) is 6.25. The third-order valence-corrected chi connectivity index (χ3v) is 5.46. The Balaban J connectivity index is 2.25. The Morgan fingerprint density at radius 3 is 2.84 bits per heavy atom. The molecule has 1 saturated heterocycles. The van der Waals surface area contributed by atoms with Gasteiger partial charge in [0.1, 0.15) is 5.82 Å². The molecule has 2 N–H and O–H groups in total. The molecule has 1 aliphatic rings. The number of rotatable bonds is 3. The van der Waals surface area contributed by atoms with Crippen LogP contribution in [0.1, 0.15) is 13.3 Å². The quantitative estimate of drug-likeness (QED) is 0.868. The third kappa shape index (κ3) is 2.88. The largest absolute Gasteiger partial charge is 0.384 e. The maximum Gasteiger partial charge on any atom is 0.243 e. The average molecular weight is 284 g/mol. The van der Waals surface area contributed by atoms with Crippen molar-refractivity contribution in [3.8, 4) is 0 Å².